The lowest BCUT2D eigenvalue weighted by Gasteiger charge is -2.21. The molecule has 0 atom stereocenters. The predicted octanol–water partition coefficient (Wildman–Crippen LogP) is 1.48. The first-order valence-electron chi connectivity index (χ1n) is 6.33. The molecule has 0 aliphatic heterocycles. The van der Waals surface area contributed by atoms with Gasteiger partial charge in [0.2, 0.25) is 5.88 Å². The van der Waals surface area contributed by atoms with Crippen LogP contribution in [-0.2, 0) is 0 Å². The number of methoxy groups -OCH3 is 1. The maximum absolute atomic E-state index is 5.20. The predicted molar refractivity (Wildman–Crippen MR) is 74.3 cm³/mol. The van der Waals surface area contributed by atoms with Crippen molar-refractivity contribution in [1.29, 1.82) is 0 Å². The van der Waals surface area contributed by atoms with Crippen LogP contribution in [0, 0.1) is 12.8 Å². The van der Waals surface area contributed by atoms with E-state index in [1.807, 2.05) is 14.0 Å². The minimum atomic E-state index is 0.641. The molecule has 1 aromatic rings. The number of anilines is 1. The van der Waals surface area contributed by atoms with E-state index in [2.05, 4.69) is 34.0 Å². The highest BCUT2D eigenvalue weighted by Crippen LogP contribution is 2.22. The largest absolute Gasteiger partial charge is 0.481 e. The summed E-state index contributed by atoms with van der Waals surface area (Å²) in [5, 5.41) is 3.42. The van der Waals surface area contributed by atoms with Crippen molar-refractivity contribution in [2.75, 3.05) is 38.7 Å². The molecule has 0 fully saturated rings. The topological polar surface area (TPSA) is 50.3 Å². The number of ether oxygens (including phenoxy) is 1. The first-order chi connectivity index (χ1) is 8.56. The Morgan fingerprint density at radius 2 is 2.11 bits per heavy atom. The first-order valence-corrected chi connectivity index (χ1v) is 6.33. The van der Waals surface area contributed by atoms with Crippen LogP contribution in [0.2, 0.25) is 0 Å². The lowest BCUT2D eigenvalue weighted by atomic mass is 10.2. The number of nitrogens with zero attached hydrogens (tertiary/aromatic N) is 3. The fourth-order valence-electron chi connectivity index (χ4n) is 1.76. The van der Waals surface area contributed by atoms with Gasteiger partial charge in [-0.2, -0.15) is 0 Å². The van der Waals surface area contributed by atoms with Gasteiger partial charge in [0.15, 0.2) is 0 Å². The molecule has 1 rings (SSSR count). The van der Waals surface area contributed by atoms with Crippen LogP contribution < -0.4 is 15.0 Å². The van der Waals surface area contributed by atoms with Gasteiger partial charge in [-0.15, -0.1) is 0 Å². The summed E-state index contributed by atoms with van der Waals surface area (Å²) >= 11 is 0. The smallest absolute Gasteiger partial charge is 0.221 e. The average molecular weight is 252 g/mol. The van der Waals surface area contributed by atoms with Crippen molar-refractivity contribution in [1.82, 2.24) is 15.3 Å². The summed E-state index contributed by atoms with van der Waals surface area (Å²) < 4.78 is 5.20. The molecule has 5 heteroatoms. The van der Waals surface area contributed by atoms with Crippen molar-refractivity contribution in [3.8, 4) is 5.88 Å². The second-order valence-corrected chi connectivity index (χ2v) is 4.85. The van der Waals surface area contributed by atoms with Crippen molar-refractivity contribution in [3.05, 3.63) is 11.9 Å². The Morgan fingerprint density at radius 1 is 1.39 bits per heavy atom. The SMILES string of the molecule is COc1ncnc(N(C)CCNCC(C)C)c1C. The van der Waals surface area contributed by atoms with Gasteiger partial charge in [-0.25, -0.2) is 9.97 Å². The van der Waals surface area contributed by atoms with E-state index >= 15 is 0 Å². The third-order valence-corrected chi connectivity index (χ3v) is 2.74. The summed E-state index contributed by atoms with van der Waals surface area (Å²) in [6, 6.07) is 0. The Labute approximate surface area is 110 Å². The number of hydrogen-bond donors (Lipinski definition) is 1. The normalized spacial score (nSPS) is 10.8. The highest BCUT2D eigenvalue weighted by atomic mass is 16.5. The van der Waals surface area contributed by atoms with Crippen molar-refractivity contribution in [3.63, 3.8) is 0 Å². The third kappa shape index (κ3) is 4.14. The molecular weight excluding hydrogens is 228 g/mol. The molecule has 0 radical (unpaired) electrons. The lowest BCUT2D eigenvalue weighted by molar-refractivity contribution is 0.393. The molecule has 1 heterocycles. The molecule has 102 valence electrons. The van der Waals surface area contributed by atoms with Gasteiger partial charge in [-0.3, -0.25) is 0 Å². The summed E-state index contributed by atoms with van der Waals surface area (Å²) in [6.45, 7) is 9.28. The highest BCUT2D eigenvalue weighted by molar-refractivity contribution is 5.49. The fraction of sp³-hybridized carbons (Fsp3) is 0.692. The van der Waals surface area contributed by atoms with Gasteiger partial charge < -0.3 is 15.0 Å². The molecule has 0 aromatic carbocycles. The molecule has 1 aromatic heterocycles. The van der Waals surface area contributed by atoms with Crippen LogP contribution in [0.25, 0.3) is 0 Å². The number of hydrogen-bond acceptors (Lipinski definition) is 5. The van der Waals surface area contributed by atoms with Gasteiger partial charge in [0, 0.05) is 20.1 Å². The molecule has 18 heavy (non-hydrogen) atoms. The van der Waals surface area contributed by atoms with Gasteiger partial charge >= 0.3 is 0 Å². The third-order valence-electron chi connectivity index (χ3n) is 2.74. The van der Waals surface area contributed by atoms with E-state index in [-0.39, 0.29) is 0 Å². The standard InChI is InChI=1S/C13H24N4O/c1-10(2)8-14-6-7-17(4)12-11(3)13(18-5)16-9-15-12/h9-10,14H,6-8H2,1-5H3. The van der Waals surface area contributed by atoms with E-state index in [1.54, 1.807) is 13.4 Å². The molecular formula is C13H24N4O. The van der Waals surface area contributed by atoms with E-state index in [0.29, 0.717) is 11.8 Å². The monoisotopic (exact) mass is 252 g/mol. The van der Waals surface area contributed by atoms with Gasteiger partial charge in [0.1, 0.15) is 12.1 Å². The molecule has 0 aliphatic rings. The zero-order valence-corrected chi connectivity index (χ0v) is 12.0. The van der Waals surface area contributed by atoms with Gasteiger partial charge in [0.25, 0.3) is 0 Å². The van der Waals surface area contributed by atoms with Crippen molar-refractivity contribution < 1.29 is 4.74 Å². The second-order valence-electron chi connectivity index (χ2n) is 4.85. The summed E-state index contributed by atoms with van der Waals surface area (Å²) in [6.07, 6.45) is 1.54. The van der Waals surface area contributed by atoms with Crippen LogP contribution in [0.1, 0.15) is 19.4 Å². The average Bonchev–Trinajstić information content (AvgIpc) is 2.34. The van der Waals surface area contributed by atoms with Gasteiger partial charge in [0.05, 0.1) is 12.7 Å². The number of likely N-dealkylation sites (N-methyl/N-ethyl adjacent to an activating group) is 1. The quantitative estimate of drug-likeness (QED) is 0.745. The Morgan fingerprint density at radius 3 is 2.72 bits per heavy atom. The van der Waals surface area contributed by atoms with Crippen LogP contribution >= 0.6 is 0 Å². The number of rotatable bonds is 7. The van der Waals surface area contributed by atoms with Crippen LogP contribution in [-0.4, -0.2) is 43.8 Å². The molecule has 0 unspecified atom stereocenters. The Balaban J connectivity index is 2.53. The molecule has 0 saturated carbocycles. The molecule has 5 nitrogen and oxygen atoms in total. The summed E-state index contributed by atoms with van der Waals surface area (Å²) in [7, 11) is 3.66. The van der Waals surface area contributed by atoms with Crippen LogP contribution in [0.15, 0.2) is 6.33 Å². The molecule has 1 N–H and O–H groups in total. The Bertz CT molecular complexity index is 368. The fourth-order valence-corrected chi connectivity index (χ4v) is 1.76. The molecule has 0 aliphatic carbocycles. The number of nitrogens with one attached hydrogen (secondary N) is 1. The molecule has 0 amide bonds. The van der Waals surface area contributed by atoms with E-state index < -0.39 is 0 Å². The highest BCUT2D eigenvalue weighted by Gasteiger charge is 2.10. The van der Waals surface area contributed by atoms with Crippen LogP contribution in [0.5, 0.6) is 5.88 Å². The van der Waals surface area contributed by atoms with E-state index in [0.717, 1.165) is 31.0 Å². The van der Waals surface area contributed by atoms with Gasteiger partial charge in [-0.05, 0) is 19.4 Å². The van der Waals surface area contributed by atoms with Crippen molar-refractivity contribution in [2.24, 2.45) is 5.92 Å². The summed E-state index contributed by atoms with van der Waals surface area (Å²) in [5.74, 6) is 2.24. The molecule has 0 spiro atoms. The summed E-state index contributed by atoms with van der Waals surface area (Å²) in [5.41, 5.74) is 0.978. The second kappa shape index (κ2) is 7.16. The van der Waals surface area contributed by atoms with Crippen LogP contribution in [0.4, 0.5) is 5.82 Å². The first kappa shape index (κ1) is 14.7. The minimum absolute atomic E-state index is 0.641. The van der Waals surface area contributed by atoms with Crippen LogP contribution in [0.3, 0.4) is 0 Å². The zero-order chi connectivity index (χ0) is 13.5. The maximum Gasteiger partial charge on any atom is 0.221 e. The lowest BCUT2D eigenvalue weighted by Crippen LogP contribution is -2.31. The van der Waals surface area contributed by atoms with E-state index in [1.165, 1.54) is 0 Å². The van der Waals surface area contributed by atoms with E-state index in [9.17, 15) is 0 Å². The Kier molecular flexibility index (Phi) is 5.85. The molecule has 0 bridgehead atoms. The minimum Gasteiger partial charge on any atom is -0.481 e. The maximum atomic E-state index is 5.20. The van der Waals surface area contributed by atoms with Crippen molar-refractivity contribution >= 4 is 5.82 Å². The van der Waals surface area contributed by atoms with E-state index in [4.69, 9.17) is 4.74 Å². The zero-order valence-electron chi connectivity index (χ0n) is 12.0. The Hall–Kier alpha value is -1.36. The molecule has 0 saturated heterocycles. The summed E-state index contributed by atoms with van der Waals surface area (Å²) in [4.78, 5) is 10.5. The number of aromatic nitrogens is 2. The van der Waals surface area contributed by atoms with Gasteiger partial charge in [-0.1, -0.05) is 13.8 Å². The van der Waals surface area contributed by atoms with Crippen molar-refractivity contribution in [2.45, 2.75) is 20.8 Å².